The van der Waals surface area contributed by atoms with E-state index in [0.29, 0.717) is 5.75 Å². The summed E-state index contributed by atoms with van der Waals surface area (Å²) >= 11 is 1.39. The van der Waals surface area contributed by atoms with E-state index in [2.05, 4.69) is 5.10 Å². The number of hydrogen-bond acceptors (Lipinski definition) is 3. The Labute approximate surface area is 110 Å². The van der Waals surface area contributed by atoms with E-state index in [9.17, 15) is 4.79 Å². The van der Waals surface area contributed by atoms with Gasteiger partial charge in [0.1, 0.15) is 0 Å². The van der Waals surface area contributed by atoms with Crippen LogP contribution in [-0.4, -0.2) is 26.1 Å². The molecule has 0 radical (unpaired) electrons. The maximum Gasteiger partial charge on any atom is 0.316 e. The lowest BCUT2D eigenvalue weighted by Gasteiger charge is -2.03. The van der Waals surface area contributed by atoms with Gasteiger partial charge in [-0.05, 0) is 19.1 Å². The van der Waals surface area contributed by atoms with Gasteiger partial charge in [0, 0.05) is 17.5 Å². The predicted molar refractivity (Wildman–Crippen MR) is 72.0 cm³/mol. The van der Waals surface area contributed by atoms with E-state index < -0.39 is 11.2 Å². The van der Waals surface area contributed by atoms with Crippen LogP contribution in [-0.2, 0) is 10.5 Å². The SMILES string of the molecule is CC(SCc1cnn(-c2ccccc2)c1)C(=O)O. The van der Waals surface area contributed by atoms with E-state index in [1.807, 2.05) is 36.5 Å². The molecule has 0 aliphatic heterocycles. The first kappa shape index (κ1) is 12.7. The van der Waals surface area contributed by atoms with Gasteiger partial charge in [0.2, 0.25) is 0 Å². The van der Waals surface area contributed by atoms with Crippen LogP contribution in [0.25, 0.3) is 5.69 Å². The Morgan fingerprint density at radius 3 is 2.83 bits per heavy atom. The third kappa shape index (κ3) is 3.13. The smallest absolute Gasteiger partial charge is 0.316 e. The number of carboxylic acid groups (broad SMARTS) is 1. The van der Waals surface area contributed by atoms with Crippen molar-refractivity contribution in [3.63, 3.8) is 0 Å². The molecule has 1 heterocycles. The van der Waals surface area contributed by atoms with E-state index >= 15 is 0 Å². The molecule has 94 valence electrons. The van der Waals surface area contributed by atoms with Gasteiger partial charge in [-0.1, -0.05) is 18.2 Å². The molecule has 1 aromatic heterocycles. The Hall–Kier alpha value is -1.75. The molecule has 2 rings (SSSR count). The Kier molecular flexibility index (Phi) is 4.04. The van der Waals surface area contributed by atoms with Gasteiger partial charge in [-0.25, -0.2) is 4.68 Å². The number of benzene rings is 1. The highest BCUT2D eigenvalue weighted by Crippen LogP contribution is 2.18. The Balaban J connectivity index is 2.01. The first-order chi connectivity index (χ1) is 8.66. The monoisotopic (exact) mass is 262 g/mol. The summed E-state index contributed by atoms with van der Waals surface area (Å²) in [7, 11) is 0. The van der Waals surface area contributed by atoms with Gasteiger partial charge in [0.25, 0.3) is 0 Å². The van der Waals surface area contributed by atoms with E-state index in [0.717, 1.165) is 11.3 Å². The molecule has 18 heavy (non-hydrogen) atoms. The molecular weight excluding hydrogens is 248 g/mol. The van der Waals surface area contributed by atoms with Crippen molar-refractivity contribution in [2.45, 2.75) is 17.9 Å². The number of rotatable bonds is 5. The highest BCUT2D eigenvalue weighted by Gasteiger charge is 2.11. The molecule has 0 saturated heterocycles. The number of aromatic nitrogens is 2. The minimum atomic E-state index is -0.782. The molecule has 5 heteroatoms. The van der Waals surface area contributed by atoms with Gasteiger partial charge in [0.05, 0.1) is 17.1 Å². The molecule has 1 N–H and O–H groups in total. The van der Waals surface area contributed by atoms with Crippen molar-refractivity contribution in [1.82, 2.24) is 9.78 Å². The van der Waals surface area contributed by atoms with Crippen LogP contribution < -0.4 is 0 Å². The van der Waals surface area contributed by atoms with E-state index in [-0.39, 0.29) is 0 Å². The number of nitrogens with zero attached hydrogens (tertiary/aromatic N) is 2. The third-order valence-electron chi connectivity index (χ3n) is 2.50. The lowest BCUT2D eigenvalue weighted by Crippen LogP contribution is -2.11. The summed E-state index contributed by atoms with van der Waals surface area (Å²) in [5, 5.41) is 12.7. The zero-order valence-electron chi connectivity index (χ0n) is 9.98. The maximum atomic E-state index is 10.7. The van der Waals surface area contributed by atoms with Crippen LogP contribution in [0.5, 0.6) is 0 Å². The molecule has 0 spiro atoms. The van der Waals surface area contributed by atoms with Crippen LogP contribution >= 0.6 is 11.8 Å². The highest BCUT2D eigenvalue weighted by atomic mass is 32.2. The van der Waals surface area contributed by atoms with Crippen molar-refractivity contribution >= 4 is 17.7 Å². The number of carbonyl (C=O) groups is 1. The Morgan fingerprint density at radius 2 is 2.17 bits per heavy atom. The number of hydrogen-bond donors (Lipinski definition) is 1. The van der Waals surface area contributed by atoms with Crippen LogP contribution in [0.2, 0.25) is 0 Å². The van der Waals surface area contributed by atoms with E-state index in [1.54, 1.807) is 17.8 Å². The van der Waals surface area contributed by atoms with Gasteiger partial charge in [-0.15, -0.1) is 11.8 Å². The van der Waals surface area contributed by atoms with E-state index in [4.69, 9.17) is 5.11 Å². The first-order valence-corrected chi connectivity index (χ1v) is 6.65. The number of thioether (sulfide) groups is 1. The molecule has 1 unspecified atom stereocenters. The highest BCUT2D eigenvalue weighted by molar-refractivity contribution is 7.99. The second kappa shape index (κ2) is 5.73. The fourth-order valence-electron chi connectivity index (χ4n) is 1.45. The number of aliphatic carboxylic acids is 1. The van der Waals surface area contributed by atoms with Crippen molar-refractivity contribution in [3.05, 3.63) is 48.3 Å². The fraction of sp³-hybridized carbons (Fsp3) is 0.231. The number of para-hydroxylation sites is 1. The standard InChI is InChI=1S/C13H14N2O2S/c1-10(13(16)17)18-9-11-7-14-15(8-11)12-5-3-2-4-6-12/h2-8,10H,9H2,1H3,(H,16,17). The maximum absolute atomic E-state index is 10.7. The second-order valence-electron chi connectivity index (χ2n) is 3.92. The molecule has 0 amide bonds. The van der Waals surface area contributed by atoms with Crippen LogP contribution in [0.15, 0.2) is 42.7 Å². The van der Waals surface area contributed by atoms with Crippen LogP contribution in [0.3, 0.4) is 0 Å². The third-order valence-corrected chi connectivity index (χ3v) is 3.71. The van der Waals surface area contributed by atoms with Gasteiger partial charge < -0.3 is 5.11 Å². The lowest BCUT2D eigenvalue weighted by molar-refractivity contribution is -0.136. The molecule has 4 nitrogen and oxygen atoms in total. The molecule has 1 atom stereocenters. The summed E-state index contributed by atoms with van der Waals surface area (Å²) in [5.74, 6) is -0.129. The molecule has 0 bridgehead atoms. The zero-order chi connectivity index (χ0) is 13.0. The molecule has 2 aromatic rings. The summed E-state index contributed by atoms with van der Waals surface area (Å²) in [6.07, 6.45) is 3.70. The topological polar surface area (TPSA) is 55.1 Å². The molecular formula is C13H14N2O2S. The van der Waals surface area contributed by atoms with Crippen LogP contribution in [0.4, 0.5) is 0 Å². The Morgan fingerprint density at radius 1 is 1.44 bits per heavy atom. The van der Waals surface area contributed by atoms with Crippen molar-refractivity contribution in [2.24, 2.45) is 0 Å². The molecule has 0 saturated carbocycles. The first-order valence-electron chi connectivity index (χ1n) is 5.60. The van der Waals surface area contributed by atoms with Gasteiger partial charge >= 0.3 is 5.97 Å². The largest absolute Gasteiger partial charge is 0.480 e. The van der Waals surface area contributed by atoms with Crippen molar-refractivity contribution < 1.29 is 9.90 Å². The molecule has 1 aromatic carbocycles. The minimum Gasteiger partial charge on any atom is -0.480 e. The second-order valence-corrected chi connectivity index (χ2v) is 5.25. The predicted octanol–water partition coefficient (Wildman–Crippen LogP) is 2.58. The quantitative estimate of drug-likeness (QED) is 0.899. The molecule has 0 fully saturated rings. The van der Waals surface area contributed by atoms with Gasteiger partial charge in [-0.3, -0.25) is 4.79 Å². The van der Waals surface area contributed by atoms with Gasteiger partial charge in [-0.2, -0.15) is 5.10 Å². The normalized spacial score (nSPS) is 12.3. The fourth-order valence-corrected chi connectivity index (χ4v) is 2.18. The zero-order valence-corrected chi connectivity index (χ0v) is 10.8. The van der Waals surface area contributed by atoms with E-state index in [1.165, 1.54) is 11.8 Å². The minimum absolute atomic E-state index is 0.398. The van der Waals surface area contributed by atoms with Gasteiger partial charge in [0.15, 0.2) is 0 Å². The van der Waals surface area contributed by atoms with Crippen molar-refractivity contribution in [3.8, 4) is 5.69 Å². The summed E-state index contributed by atoms with van der Waals surface area (Å²) < 4.78 is 1.79. The summed E-state index contributed by atoms with van der Waals surface area (Å²) in [6, 6.07) is 9.82. The molecule has 0 aliphatic carbocycles. The molecule has 0 aliphatic rings. The van der Waals surface area contributed by atoms with Crippen LogP contribution in [0.1, 0.15) is 12.5 Å². The van der Waals surface area contributed by atoms with Crippen LogP contribution in [0, 0.1) is 0 Å². The van der Waals surface area contributed by atoms with Crippen molar-refractivity contribution in [2.75, 3.05) is 0 Å². The lowest BCUT2D eigenvalue weighted by atomic mass is 10.3. The summed E-state index contributed by atoms with van der Waals surface area (Å²) in [6.45, 7) is 1.69. The Bertz CT molecular complexity index is 525. The van der Waals surface area contributed by atoms with Crippen molar-refractivity contribution in [1.29, 1.82) is 0 Å². The summed E-state index contributed by atoms with van der Waals surface area (Å²) in [4.78, 5) is 10.7. The average molecular weight is 262 g/mol. The average Bonchev–Trinajstić information content (AvgIpc) is 2.85. The number of carboxylic acids is 1. The summed E-state index contributed by atoms with van der Waals surface area (Å²) in [5.41, 5.74) is 2.02.